The maximum atomic E-state index is 5.87. The van der Waals surface area contributed by atoms with E-state index < -0.39 is 0 Å². The van der Waals surface area contributed by atoms with E-state index in [2.05, 4.69) is 43.6 Å². The summed E-state index contributed by atoms with van der Waals surface area (Å²) in [6.45, 7) is 7.91. The summed E-state index contributed by atoms with van der Waals surface area (Å²) in [7, 11) is 0. The van der Waals surface area contributed by atoms with Crippen molar-refractivity contribution in [1.29, 1.82) is 0 Å². The van der Waals surface area contributed by atoms with Gasteiger partial charge in [-0.05, 0) is 24.3 Å². The lowest BCUT2D eigenvalue weighted by Crippen LogP contribution is -2.66. The van der Waals surface area contributed by atoms with Gasteiger partial charge in [0.1, 0.15) is 0 Å². The second-order valence-electron chi connectivity index (χ2n) is 6.19. The first kappa shape index (κ1) is 12.6. The normalized spacial score (nSPS) is 34.9. The first-order valence-corrected chi connectivity index (χ1v) is 7.93. The number of nitrogens with one attached hydrogen (secondary N) is 1. The lowest BCUT2D eigenvalue weighted by molar-refractivity contribution is -0.115. The standard InChI is InChI=1S/C15H23NOS/c1-4-11(12-6-5-9-18-12)16-13-10-7-8-17-14(10)15(13,2)3/h5-6,9-11,13-14,16H,4,7-8H2,1-3H3. The van der Waals surface area contributed by atoms with Gasteiger partial charge in [-0.3, -0.25) is 0 Å². The summed E-state index contributed by atoms with van der Waals surface area (Å²) in [6.07, 6.45) is 2.87. The fourth-order valence-electron chi connectivity index (χ4n) is 3.77. The number of thiophene rings is 1. The van der Waals surface area contributed by atoms with E-state index in [9.17, 15) is 0 Å². The minimum absolute atomic E-state index is 0.284. The molecule has 1 aromatic rings. The fourth-order valence-corrected chi connectivity index (χ4v) is 4.64. The quantitative estimate of drug-likeness (QED) is 0.898. The first-order chi connectivity index (χ1) is 8.64. The fraction of sp³-hybridized carbons (Fsp3) is 0.733. The van der Waals surface area contributed by atoms with Crippen LogP contribution in [0.5, 0.6) is 0 Å². The highest BCUT2D eigenvalue weighted by molar-refractivity contribution is 7.10. The van der Waals surface area contributed by atoms with Crippen molar-refractivity contribution in [1.82, 2.24) is 5.32 Å². The van der Waals surface area contributed by atoms with Gasteiger partial charge in [-0.1, -0.05) is 26.8 Å². The summed E-state index contributed by atoms with van der Waals surface area (Å²) < 4.78 is 5.87. The van der Waals surface area contributed by atoms with Crippen LogP contribution < -0.4 is 5.32 Å². The Morgan fingerprint density at radius 2 is 2.39 bits per heavy atom. The Bertz CT molecular complexity index is 401. The Morgan fingerprint density at radius 1 is 1.56 bits per heavy atom. The van der Waals surface area contributed by atoms with Gasteiger partial charge in [0.05, 0.1) is 6.10 Å². The minimum Gasteiger partial charge on any atom is -0.377 e. The number of fused-ring (bicyclic) bond motifs is 1. The summed E-state index contributed by atoms with van der Waals surface area (Å²) in [5.41, 5.74) is 0.284. The van der Waals surface area contributed by atoms with E-state index >= 15 is 0 Å². The summed E-state index contributed by atoms with van der Waals surface area (Å²) >= 11 is 1.86. The Hall–Kier alpha value is -0.380. The summed E-state index contributed by atoms with van der Waals surface area (Å²) in [4.78, 5) is 1.47. The third kappa shape index (κ3) is 1.84. The van der Waals surface area contributed by atoms with Gasteiger partial charge in [0.25, 0.3) is 0 Å². The van der Waals surface area contributed by atoms with Crippen LogP contribution in [0.15, 0.2) is 17.5 Å². The third-order valence-electron chi connectivity index (χ3n) is 4.78. The van der Waals surface area contributed by atoms with Crippen LogP contribution >= 0.6 is 11.3 Å². The Morgan fingerprint density at radius 3 is 3.06 bits per heavy atom. The van der Waals surface area contributed by atoms with Crippen LogP contribution in [0.1, 0.15) is 44.5 Å². The molecule has 1 aromatic heterocycles. The molecule has 2 heterocycles. The van der Waals surface area contributed by atoms with E-state index in [4.69, 9.17) is 4.74 Å². The van der Waals surface area contributed by atoms with Gasteiger partial charge >= 0.3 is 0 Å². The maximum Gasteiger partial charge on any atom is 0.0685 e. The van der Waals surface area contributed by atoms with Crippen LogP contribution in [-0.4, -0.2) is 18.8 Å². The SMILES string of the molecule is CCC(NC1C2CCOC2C1(C)C)c1cccs1. The second kappa shape index (κ2) is 4.62. The van der Waals surface area contributed by atoms with Gasteiger partial charge in [0.2, 0.25) is 0 Å². The van der Waals surface area contributed by atoms with Crippen molar-refractivity contribution < 1.29 is 4.74 Å². The van der Waals surface area contributed by atoms with Crippen molar-refractivity contribution in [2.24, 2.45) is 11.3 Å². The zero-order valence-corrected chi connectivity index (χ0v) is 12.3. The van der Waals surface area contributed by atoms with Gasteiger partial charge in [-0.25, -0.2) is 0 Å². The van der Waals surface area contributed by atoms with Gasteiger partial charge in [0.15, 0.2) is 0 Å². The smallest absolute Gasteiger partial charge is 0.0685 e. The van der Waals surface area contributed by atoms with E-state index in [0.29, 0.717) is 18.2 Å². The molecular weight excluding hydrogens is 242 g/mol. The molecule has 1 N–H and O–H groups in total. The molecule has 2 nitrogen and oxygen atoms in total. The Balaban J connectivity index is 1.72. The van der Waals surface area contributed by atoms with Gasteiger partial charge < -0.3 is 10.1 Å². The zero-order valence-electron chi connectivity index (χ0n) is 11.5. The molecule has 0 aromatic carbocycles. The maximum absolute atomic E-state index is 5.87. The van der Waals surface area contributed by atoms with Crippen molar-refractivity contribution in [3.05, 3.63) is 22.4 Å². The van der Waals surface area contributed by atoms with Crippen LogP contribution in [0.2, 0.25) is 0 Å². The lowest BCUT2D eigenvalue weighted by atomic mass is 9.57. The average Bonchev–Trinajstić information content (AvgIpc) is 2.98. The molecule has 4 atom stereocenters. The molecule has 1 saturated heterocycles. The van der Waals surface area contributed by atoms with Crippen LogP contribution in [-0.2, 0) is 4.74 Å². The summed E-state index contributed by atoms with van der Waals surface area (Å²) in [6, 6.07) is 5.52. The van der Waals surface area contributed by atoms with Crippen LogP contribution in [0.3, 0.4) is 0 Å². The number of ether oxygens (including phenoxy) is 1. The molecule has 0 bridgehead atoms. The molecule has 2 aliphatic rings. The van der Waals surface area contributed by atoms with Crippen LogP contribution in [0.25, 0.3) is 0 Å². The number of hydrogen-bond donors (Lipinski definition) is 1. The first-order valence-electron chi connectivity index (χ1n) is 7.05. The molecule has 18 heavy (non-hydrogen) atoms. The molecule has 0 radical (unpaired) electrons. The van der Waals surface area contributed by atoms with Gasteiger partial charge in [0, 0.05) is 34.9 Å². The van der Waals surface area contributed by atoms with Crippen molar-refractivity contribution in [2.45, 2.75) is 51.8 Å². The summed E-state index contributed by atoms with van der Waals surface area (Å²) in [5, 5.41) is 6.07. The van der Waals surface area contributed by atoms with Crippen molar-refractivity contribution >= 4 is 11.3 Å². The van der Waals surface area contributed by atoms with E-state index in [1.165, 1.54) is 11.3 Å². The van der Waals surface area contributed by atoms with Crippen molar-refractivity contribution in [3.63, 3.8) is 0 Å². The molecule has 1 aliphatic carbocycles. The molecule has 1 aliphatic heterocycles. The Kier molecular flexibility index (Phi) is 3.25. The lowest BCUT2D eigenvalue weighted by Gasteiger charge is -2.55. The highest BCUT2D eigenvalue weighted by Crippen LogP contribution is 2.52. The van der Waals surface area contributed by atoms with Gasteiger partial charge in [-0.15, -0.1) is 11.3 Å². The molecule has 4 unspecified atom stereocenters. The molecule has 0 spiro atoms. The number of rotatable bonds is 4. The highest BCUT2D eigenvalue weighted by Gasteiger charge is 2.59. The molecule has 3 heteroatoms. The topological polar surface area (TPSA) is 21.3 Å². The zero-order chi connectivity index (χ0) is 12.8. The molecule has 2 fully saturated rings. The minimum atomic E-state index is 0.284. The molecule has 100 valence electrons. The second-order valence-corrected chi connectivity index (χ2v) is 7.17. The summed E-state index contributed by atoms with van der Waals surface area (Å²) in [5.74, 6) is 0.731. The predicted octanol–water partition coefficient (Wildman–Crippen LogP) is 3.60. The molecular formula is C15H23NOS. The van der Waals surface area contributed by atoms with Crippen LogP contribution in [0, 0.1) is 11.3 Å². The Labute approximate surface area is 114 Å². The molecule has 3 rings (SSSR count). The third-order valence-corrected chi connectivity index (χ3v) is 5.76. The van der Waals surface area contributed by atoms with Gasteiger partial charge in [-0.2, -0.15) is 0 Å². The molecule has 0 amide bonds. The van der Waals surface area contributed by atoms with E-state index in [1.54, 1.807) is 0 Å². The highest BCUT2D eigenvalue weighted by atomic mass is 32.1. The monoisotopic (exact) mass is 265 g/mol. The van der Waals surface area contributed by atoms with Crippen molar-refractivity contribution in [3.8, 4) is 0 Å². The number of hydrogen-bond acceptors (Lipinski definition) is 3. The van der Waals surface area contributed by atoms with E-state index in [0.717, 1.165) is 18.9 Å². The average molecular weight is 265 g/mol. The van der Waals surface area contributed by atoms with Crippen molar-refractivity contribution in [2.75, 3.05) is 6.61 Å². The van der Waals surface area contributed by atoms with Crippen LogP contribution in [0.4, 0.5) is 0 Å². The van der Waals surface area contributed by atoms with E-state index in [-0.39, 0.29) is 5.41 Å². The van der Waals surface area contributed by atoms with E-state index in [1.807, 2.05) is 11.3 Å². The predicted molar refractivity (Wildman–Crippen MR) is 75.9 cm³/mol. The molecule has 1 saturated carbocycles. The largest absolute Gasteiger partial charge is 0.377 e.